The number of fused-ring (bicyclic) bond motifs is 1. The molecular weight excluding hydrogens is 392 g/mol. The SMILES string of the molecule is COC(=O)C[C@H](C1=C(O)c2ccccc2C(=O)C1=O)c1cc(OC)c(O)c(OC)c1. The highest BCUT2D eigenvalue weighted by molar-refractivity contribution is 6.52. The molecule has 2 N–H and O–H groups in total. The van der Waals surface area contributed by atoms with E-state index in [0.717, 1.165) is 0 Å². The smallest absolute Gasteiger partial charge is 0.306 e. The molecule has 0 aromatic heterocycles. The molecule has 0 spiro atoms. The van der Waals surface area contributed by atoms with Crippen molar-refractivity contribution in [3.63, 3.8) is 0 Å². The number of esters is 1. The molecule has 0 fully saturated rings. The van der Waals surface area contributed by atoms with E-state index in [2.05, 4.69) is 0 Å². The first-order valence-corrected chi connectivity index (χ1v) is 8.97. The summed E-state index contributed by atoms with van der Waals surface area (Å²) in [7, 11) is 3.85. The summed E-state index contributed by atoms with van der Waals surface area (Å²) in [5, 5.41) is 21.1. The monoisotopic (exact) mass is 412 g/mol. The predicted octanol–water partition coefficient (Wildman–Crippen LogP) is 2.79. The molecule has 0 aliphatic heterocycles. The van der Waals surface area contributed by atoms with E-state index in [4.69, 9.17) is 14.2 Å². The summed E-state index contributed by atoms with van der Waals surface area (Å²) in [6.07, 6.45) is -0.339. The average molecular weight is 412 g/mol. The zero-order valence-electron chi connectivity index (χ0n) is 16.6. The van der Waals surface area contributed by atoms with Gasteiger partial charge in [0.05, 0.1) is 33.3 Å². The normalized spacial score (nSPS) is 14.2. The fourth-order valence-electron chi connectivity index (χ4n) is 3.46. The summed E-state index contributed by atoms with van der Waals surface area (Å²) in [5.74, 6) is -4.01. The summed E-state index contributed by atoms with van der Waals surface area (Å²) >= 11 is 0. The Morgan fingerprint density at radius 3 is 2.03 bits per heavy atom. The van der Waals surface area contributed by atoms with Crippen LogP contribution in [0.25, 0.3) is 5.76 Å². The molecule has 2 aromatic carbocycles. The van der Waals surface area contributed by atoms with Gasteiger partial charge in [0.25, 0.3) is 0 Å². The third-order valence-corrected chi connectivity index (χ3v) is 4.98. The number of carbonyl (C=O) groups is 3. The van der Waals surface area contributed by atoms with Crippen molar-refractivity contribution in [2.24, 2.45) is 0 Å². The van der Waals surface area contributed by atoms with Gasteiger partial charge >= 0.3 is 5.97 Å². The van der Waals surface area contributed by atoms with E-state index >= 15 is 0 Å². The van der Waals surface area contributed by atoms with E-state index in [1.165, 1.54) is 45.6 Å². The molecule has 8 nitrogen and oxygen atoms in total. The fourth-order valence-corrected chi connectivity index (χ4v) is 3.46. The molecule has 30 heavy (non-hydrogen) atoms. The number of benzene rings is 2. The second kappa shape index (κ2) is 8.28. The average Bonchev–Trinajstić information content (AvgIpc) is 2.77. The fraction of sp³-hybridized carbons (Fsp3) is 0.227. The molecular formula is C22H20O8. The summed E-state index contributed by atoms with van der Waals surface area (Å²) in [6, 6.07) is 8.99. The number of aliphatic hydroxyl groups is 1. The Bertz CT molecular complexity index is 1040. The highest BCUT2D eigenvalue weighted by Gasteiger charge is 2.39. The Labute approximate surface area is 172 Å². The molecule has 156 valence electrons. The lowest BCUT2D eigenvalue weighted by Crippen LogP contribution is -2.28. The molecule has 0 amide bonds. The number of phenols is 1. The number of rotatable bonds is 6. The second-order valence-electron chi connectivity index (χ2n) is 6.57. The van der Waals surface area contributed by atoms with E-state index in [9.17, 15) is 24.6 Å². The lowest BCUT2D eigenvalue weighted by atomic mass is 9.78. The maximum Gasteiger partial charge on any atom is 0.306 e. The van der Waals surface area contributed by atoms with Crippen LogP contribution in [0.4, 0.5) is 0 Å². The molecule has 1 aliphatic rings. The van der Waals surface area contributed by atoms with Crippen molar-refractivity contribution in [1.82, 2.24) is 0 Å². The summed E-state index contributed by atoms with van der Waals surface area (Å²) in [4.78, 5) is 37.7. The zero-order valence-corrected chi connectivity index (χ0v) is 16.6. The van der Waals surface area contributed by atoms with Gasteiger partial charge in [-0.15, -0.1) is 0 Å². The Morgan fingerprint density at radius 2 is 1.50 bits per heavy atom. The van der Waals surface area contributed by atoms with Crippen LogP contribution in [0, 0.1) is 0 Å². The zero-order chi connectivity index (χ0) is 22.0. The summed E-state index contributed by atoms with van der Waals surface area (Å²) < 4.78 is 15.0. The first-order chi connectivity index (χ1) is 14.3. The third kappa shape index (κ3) is 3.47. The molecule has 1 aliphatic carbocycles. The second-order valence-corrected chi connectivity index (χ2v) is 6.57. The van der Waals surface area contributed by atoms with Gasteiger partial charge in [0, 0.05) is 17.0 Å². The number of ketones is 2. The number of carbonyl (C=O) groups excluding carboxylic acids is 3. The van der Waals surface area contributed by atoms with Gasteiger partial charge < -0.3 is 24.4 Å². The van der Waals surface area contributed by atoms with Gasteiger partial charge in [0.1, 0.15) is 5.76 Å². The molecule has 8 heteroatoms. The van der Waals surface area contributed by atoms with E-state index in [0.29, 0.717) is 5.56 Å². The number of Topliss-reactive ketones (excluding diaryl/α,β-unsaturated/α-hetero) is 2. The van der Waals surface area contributed by atoms with Crippen molar-refractivity contribution in [1.29, 1.82) is 0 Å². The van der Waals surface area contributed by atoms with E-state index in [-0.39, 0.29) is 40.4 Å². The van der Waals surface area contributed by atoms with Crippen molar-refractivity contribution < 1.29 is 38.8 Å². The van der Waals surface area contributed by atoms with Crippen LogP contribution in [0.15, 0.2) is 42.0 Å². The lowest BCUT2D eigenvalue weighted by Gasteiger charge is -2.25. The van der Waals surface area contributed by atoms with Gasteiger partial charge in [-0.1, -0.05) is 24.3 Å². The van der Waals surface area contributed by atoms with Crippen LogP contribution in [0.1, 0.15) is 33.8 Å². The number of phenolic OH excluding ortho intramolecular Hbond substituents is 1. The van der Waals surface area contributed by atoms with Gasteiger partial charge in [-0.25, -0.2) is 0 Å². The highest BCUT2D eigenvalue weighted by atomic mass is 16.5. The van der Waals surface area contributed by atoms with Crippen LogP contribution in [-0.4, -0.2) is 49.1 Å². The molecule has 0 saturated carbocycles. The van der Waals surface area contributed by atoms with E-state index in [1.807, 2.05) is 0 Å². The largest absolute Gasteiger partial charge is 0.507 e. The number of aromatic hydroxyl groups is 1. The maximum absolute atomic E-state index is 12.9. The van der Waals surface area contributed by atoms with E-state index in [1.54, 1.807) is 12.1 Å². The van der Waals surface area contributed by atoms with Crippen molar-refractivity contribution in [3.8, 4) is 17.2 Å². The van der Waals surface area contributed by atoms with Crippen LogP contribution < -0.4 is 9.47 Å². The Morgan fingerprint density at radius 1 is 0.933 bits per heavy atom. The Hall–Kier alpha value is -3.81. The minimum Gasteiger partial charge on any atom is -0.507 e. The van der Waals surface area contributed by atoms with Crippen molar-refractivity contribution in [2.45, 2.75) is 12.3 Å². The van der Waals surface area contributed by atoms with Crippen molar-refractivity contribution in [2.75, 3.05) is 21.3 Å². The molecule has 0 heterocycles. The maximum atomic E-state index is 12.9. The van der Waals surface area contributed by atoms with Crippen LogP contribution in [0.2, 0.25) is 0 Å². The Kier molecular flexibility index (Phi) is 5.77. The number of hydrogen-bond donors (Lipinski definition) is 2. The number of ether oxygens (including phenoxy) is 3. The molecule has 0 saturated heterocycles. The highest BCUT2D eigenvalue weighted by Crippen LogP contribution is 2.44. The lowest BCUT2D eigenvalue weighted by molar-refractivity contribution is -0.140. The van der Waals surface area contributed by atoms with E-state index < -0.39 is 29.2 Å². The predicted molar refractivity (Wildman–Crippen MR) is 106 cm³/mol. The third-order valence-electron chi connectivity index (χ3n) is 4.98. The van der Waals surface area contributed by atoms with Crippen LogP contribution >= 0.6 is 0 Å². The van der Waals surface area contributed by atoms with Crippen LogP contribution in [0.5, 0.6) is 17.2 Å². The van der Waals surface area contributed by atoms with Crippen LogP contribution in [-0.2, 0) is 14.3 Å². The molecule has 0 unspecified atom stereocenters. The number of methoxy groups -OCH3 is 3. The molecule has 2 aromatic rings. The Balaban J connectivity index is 2.27. The summed E-state index contributed by atoms with van der Waals surface area (Å²) in [6.45, 7) is 0. The van der Waals surface area contributed by atoms with Crippen molar-refractivity contribution >= 4 is 23.3 Å². The standard InChI is InChI=1S/C22H20O8/c1-28-15-8-11(9-16(29-2)21(15)26)14(10-17(23)30-3)18-19(24)12-6-4-5-7-13(12)20(25)22(18)27/h4-9,14,24,26H,10H2,1-3H3/t14-/m0/s1. The number of aliphatic hydroxyl groups excluding tert-OH is 1. The first kappa shape index (κ1) is 20.9. The van der Waals surface area contributed by atoms with Crippen LogP contribution in [0.3, 0.4) is 0 Å². The van der Waals surface area contributed by atoms with Gasteiger partial charge in [-0.05, 0) is 17.7 Å². The van der Waals surface area contributed by atoms with Gasteiger partial charge in [-0.2, -0.15) is 0 Å². The molecule has 0 bridgehead atoms. The molecule has 1 atom stereocenters. The quantitative estimate of drug-likeness (QED) is 0.549. The minimum atomic E-state index is -1.05. The molecule has 0 radical (unpaired) electrons. The number of hydrogen-bond acceptors (Lipinski definition) is 8. The van der Waals surface area contributed by atoms with Gasteiger partial charge in [0.15, 0.2) is 11.5 Å². The van der Waals surface area contributed by atoms with Gasteiger partial charge in [0.2, 0.25) is 17.3 Å². The minimum absolute atomic E-state index is 0.0364. The summed E-state index contributed by atoms with van der Waals surface area (Å²) in [5.41, 5.74) is 0.360. The topological polar surface area (TPSA) is 119 Å². The van der Waals surface area contributed by atoms with Gasteiger partial charge in [-0.3, -0.25) is 14.4 Å². The molecule has 3 rings (SSSR count). The van der Waals surface area contributed by atoms with Crippen molar-refractivity contribution in [3.05, 3.63) is 58.7 Å². The number of allylic oxidation sites excluding steroid dienone is 1. The first-order valence-electron chi connectivity index (χ1n) is 8.97.